The van der Waals surface area contributed by atoms with Crippen molar-refractivity contribution in [1.29, 1.82) is 0 Å². The molecule has 1 fully saturated rings. The summed E-state index contributed by atoms with van der Waals surface area (Å²) in [5.74, 6) is 0.414. The van der Waals surface area contributed by atoms with Crippen molar-refractivity contribution in [2.75, 3.05) is 43.5 Å². The Hall–Kier alpha value is -2.35. The van der Waals surface area contributed by atoms with Gasteiger partial charge in [0.15, 0.2) is 5.13 Å². The van der Waals surface area contributed by atoms with Crippen LogP contribution in [0.15, 0.2) is 29.9 Å². The summed E-state index contributed by atoms with van der Waals surface area (Å²) in [5.41, 5.74) is 0.581. The minimum Gasteiger partial charge on any atom is -0.480 e. The summed E-state index contributed by atoms with van der Waals surface area (Å²) in [6, 6.07) is 3.40. The highest BCUT2D eigenvalue weighted by molar-refractivity contribution is 7.13. The van der Waals surface area contributed by atoms with Gasteiger partial charge in [-0.2, -0.15) is 0 Å². The van der Waals surface area contributed by atoms with E-state index in [9.17, 15) is 4.79 Å². The van der Waals surface area contributed by atoms with Gasteiger partial charge in [0.05, 0.1) is 7.11 Å². The Kier molecular flexibility index (Phi) is 4.38. The predicted molar refractivity (Wildman–Crippen MR) is 85.7 cm³/mol. The van der Waals surface area contributed by atoms with Gasteiger partial charge in [0.25, 0.3) is 0 Å². The molecule has 1 saturated heterocycles. The number of amides is 2. The number of aromatic nitrogens is 2. The van der Waals surface area contributed by atoms with Gasteiger partial charge in [0.1, 0.15) is 5.69 Å². The molecule has 1 aliphatic heterocycles. The van der Waals surface area contributed by atoms with E-state index in [1.165, 1.54) is 7.11 Å². The third-order valence-electron chi connectivity index (χ3n) is 3.46. The number of pyridine rings is 1. The number of nitrogens with one attached hydrogen (secondary N) is 1. The molecule has 2 amide bonds. The normalized spacial score (nSPS) is 14.8. The first-order chi connectivity index (χ1) is 10.8. The standard InChI is InChI=1S/C14H17N5O2S/c1-21-12-11(3-2-4-15-12)17-13(20)18-6-8-19(9-7-18)14-16-5-10-22-14/h2-5,10H,6-9H2,1H3,(H,17,20). The van der Waals surface area contributed by atoms with Crippen LogP contribution in [0.2, 0.25) is 0 Å². The van der Waals surface area contributed by atoms with Gasteiger partial charge in [-0.3, -0.25) is 0 Å². The lowest BCUT2D eigenvalue weighted by Crippen LogP contribution is -2.50. The topological polar surface area (TPSA) is 70.6 Å². The van der Waals surface area contributed by atoms with E-state index in [1.807, 2.05) is 5.38 Å². The van der Waals surface area contributed by atoms with E-state index in [2.05, 4.69) is 20.2 Å². The van der Waals surface area contributed by atoms with Crippen LogP contribution in [-0.4, -0.2) is 54.2 Å². The van der Waals surface area contributed by atoms with Crippen LogP contribution in [0.25, 0.3) is 0 Å². The van der Waals surface area contributed by atoms with Crippen molar-refractivity contribution < 1.29 is 9.53 Å². The molecule has 0 spiro atoms. The second-order valence-electron chi connectivity index (χ2n) is 4.78. The van der Waals surface area contributed by atoms with Gasteiger partial charge in [0.2, 0.25) is 5.88 Å². The monoisotopic (exact) mass is 319 g/mol. The van der Waals surface area contributed by atoms with Crippen molar-refractivity contribution in [3.63, 3.8) is 0 Å². The van der Waals surface area contributed by atoms with E-state index < -0.39 is 0 Å². The van der Waals surface area contributed by atoms with Crippen molar-refractivity contribution >= 4 is 28.2 Å². The number of hydrogen-bond donors (Lipinski definition) is 1. The highest BCUT2D eigenvalue weighted by atomic mass is 32.1. The van der Waals surface area contributed by atoms with Gasteiger partial charge < -0.3 is 19.9 Å². The molecular weight excluding hydrogens is 302 g/mol. The van der Waals surface area contributed by atoms with E-state index in [-0.39, 0.29) is 6.03 Å². The molecule has 1 aliphatic rings. The highest BCUT2D eigenvalue weighted by Gasteiger charge is 2.23. The molecule has 22 heavy (non-hydrogen) atoms. The number of anilines is 2. The average Bonchev–Trinajstić information content (AvgIpc) is 3.10. The summed E-state index contributed by atoms with van der Waals surface area (Å²) >= 11 is 1.62. The molecule has 0 atom stereocenters. The molecule has 3 rings (SSSR count). The van der Waals surface area contributed by atoms with Gasteiger partial charge in [0, 0.05) is 44.0 Å². The molecule has 2 aromatic rings. The number of piperazine rings is 1. The Morgan fingerprint density at radius 2 is 2.09 bits per heavy atom. The number of urea groups is 1. The minimum absolute atomic E-state index is 0.134. The smallest absolute Gasteiger partial charge is 0.322 e. The highest BCUT2D eigenvalue weighted by Crippen LogP contribution is 2.22. The van der Waals surface area contributed by atoms with Crippen molar-refractivity contribution in [2.24, 2.45) is 0 Å². The van der Waals surface area contributed by atoms with Crippen molar-refractivity contribution in [3.8, 4) is 5.88 Å². The lowest BCUT2D eigenvalue weighted by Gasteiger charge is -2.34. The molecular formula is C14H17N5O2S. The predicted octanol–water partition coefficient (Wildman–Crippen LogP) is 1.90. The SMILES string of the molecule is COc1ncccc1NC(=O)N1CCN(c2nccs2)CC1. The maximum Gasteiger partial charge on any atom is 0.322 e. The third kappa shape index (κ3) is 3.11. The van der Waals surface area contributed by atoms with Crippen LogP contribution < -0.4 is 15.0 Å². The molecule has 116 valence electrons. The average molecular weight is 319 g/mol. The molecule has 0 aliphatic carbocycles. The van der Waals surface area contributed by atoms with Crippen LogP contribution in [-0.2, 0) is 0 Å². The van der Waals surface area contributed by atoms with E-state index in [0.29, 0.717) is 24.7 Å². The van der Waals surface area contributed by atoms with E-state index in [0.717, 1.165) is 18.2 Å². The maximum absolute atomic E-state index is 12.3. The number of thiazole rings is 1. The van der Waals surface area contributed by atoms with E-state index in [4.69, 9.17) is 4.74 Å². The minimum atomic E-state index is -0.134. The Labute approximate surface area is 132 Å². The van der Waals surface area contributed by atoms with Crippen molar-refractivity contribution in [3.05, 3.63) is 29.9 Å². The van der Waals surface area contributed by atoms with Gasteiger partial charge >= 0.3 is 6.03 Å². The summed E-state index contributed by atoms with van der Waals surface area (Å²) in [6.07, 6.45) is 3.43. The molecule has 2 aromatic heterocycles. The molecule has 8 heteroatoms. The molecule has 0 saturated carbocycles. The quantitative estimate of drug-likeness (QED) is 0.935. The number of rotatable bonds is 3. The zero-order chi connectivity index (χ0) is 15.4. The summed E-state index contributed by atoms with van der Waals surface area (Å²) < 4.78 is 5.14. The largest absolute Gasteiger partial charge is 0.480 e. The summed E-state index contributed by atoms with van der Waals surface area (Å²) in [6.45, 7) is 2.89. The fraction of sp³-hybridized carbons (Fsp3) is 0.357. The number of ether oxygens (including phenoxy) is 1. The van der Waals surface area contributed by atoms with E-state index in [1.54, 1.807) is 40.8 Å². The lowest BCUT2D eigenvalue weighted by atomic mass is 10.3. The Morgan fingerprint density at radius 1 is 1.27 bits per heavy atom. The van der Waals surface area contributed by atoms with Crippen LogP contribution in [0.3, 0.4) is 0 Å². The molecule has 3 heterocycles. The summed E-state index contributed by atoms with van der Waals surface area (Å²) in [4.78, 5) is 24.7. The Morgan fingerprint density at radius 3 is 2.77 bits per heavy atom. The number of hydrogen-bond acceptors (Lipinski definition) is 6. The van der Waals surface area contributed by atoms with Crippen LogP contribution in [0.4, 0.5) is 15.6 Å². The third-order valence-corrected chi connectivity index (χ3v) is 4.30. The van der Waals surface area contributed by atoms with Crippen LogP contribution in [0.5, 0.6) is 5.88 Å². The second kappa shape index (κ2) is 6.61. The molecule has 0 unspecified atom stereocenters. The zero-order valence-electron chi connectivity index (χ0n) is 12.2. The molecule has 1 N–H and O–H groups in total. The van der Waals surface area contributed by atoms with Gasteiger partial charge in [-0.05, 0) is 12.1 Å². The molecule has 0 bridgehead atoms. The van der Waals surface area contributed by atoms with Crippen molar-refractivity contribution in [1.82, 2.24) is 14.9 Å². The maximum atomic E-state index is 12.3. The molecule has 0 aromatic carbocycles. The molecule has 7 nitrogen and oxygen atoms in total. The number of nitrogens with zero attached hydrogens (tertiary/aromatic N) is 4. The number of carbonyl (C=O) groups is 1. The van der Waals surface area contributed by atoms with Gasteiger partial charge in [-0.15, -0.1) is 11.3 Å². The fourth-order valence-corrected chi connectivity index (χ4v) is 3.01. The van der Waals surface area contributed by atoms with E-state index >= 15 is 0 Å². The lowest BCUT2D eigenvalue weighted by molar-refractivity contribution is 0.208. The first-order valence-corrected chi connectivity index (χ1v) is 7.85. The van der Waals surface area contributed by atoms with Crippen LogP contribution >= 0.6 is 11.3 Å². The molecule has 0 radical (unpaired) electrons. The number of methoxy groups -OCH3 is 1. The summed E-state index contributed by atoms with van der Waals surface area (Å²) in [7, 11) is 1.53. The fourth-order valence-electron chi connectivity index (χ4n) is 2.32. The first kappa shape index (κ1) is 14.6. The zero-order valence-corrected chi connectivity index (χ0v) is 13.0. The summed E-state index contributed by atoms with van der Waals surface area (Å²) in [5, 5.41) is 5.82. The second-order valence-corrected chi connectivity index (χ2v) is 5.65. The van der Waals surface area contributed by atoms with Crippen molar-refractivity contribution in [2.45, 2.75) is 0 Å². The van der Waals surface area contributed by atoms with Gasteiger partial charge in [-0.25, -0.2) is 14.8 Å². The number of carbonyl (C=O) groups excluding carboxylic acids is 1. The Balaban J connectivity index is 1.58. The van der Waals surface area contributed by atoms with Crippen LogP contribution in [0.1, 0.15) is 0 Å². The van der Waals surface area contributed by atoms with Crippen LogP contribution in [0, 0.1) is 0 Å². The first-order valence-electron chi connectivity index (χ1n) is 6.97. The Bertz CT molecular complexity index is 626. The van der Waals surface area contributed by atoms with Gasteiger partial charge in [-0.1, -0.05) is 0 Å².